The van der Waals surface area contributed by atoms with Crippen molar-refractivity contribution in [1.82, 2.24) is 4.90 Å². The lowest BCUT2D eigenvalue weighted by Crippen LogP contribution is -2.58. The zero-order valence-electron chi connectivity index (χ0n) is 15.6. The summed E-state index contributed by atoms with van der Waals surface area (Å²) in [5, 5.41) is 0. The number of ether oxygens (including phenoxy) is 2. The highest BCUT2D eigenvalue weighted by molar-refractivity contribution is 7.88. The molecule has 6 nitrogen and oxygen atoms in total. The molecular formula is C19H18F3NO5S. The zero-order chi connectivity index (χ0) is 20.8. The molecule has 3 atom stereocenters. The number of hydrogen-bond acceptors (Lipinski definition) is 6. The topological polar surface area (TPSA) is 65.1 Å². The fraction of sp³-hybridized carbons (Fsp3) is 0.474. The Labute approximate surface area is 165 Å². The van der Waals surface area contributed by atoms with E-state index in [0.29, 0.717) is 18.6 Å². The Hall–Kier alpha value is -2.20. The van der Waals surface area contributed by atoms with E-state index in [1.54, 1.807) is 6.07 Å². The van der Waals surface area contributed by atoms with Crippen molar-refractivity contribution in [2.75, 3.05) is 20.7 Å². The highest BCUT2D eigenvalue weighted by Crippen LogP contribution is 2.62. The number of likely N-dealkylation sites (tertiary alicyclic amines) is 1. The van der Waals surface area contributed by atoms with Crippen LogP contribution in [-0.4, -0.2) is 51.7 Å². The average molecular weight is 429 g/mol. The molecule has 0 aromatic heterocycles. The van der Waals surface area contributed by atoms with E-state index in [1.165, 1.54) is 13.2 Å². The molecule has 10 heteroatoms. The third kappa shape index (κ3) is 2.29. The van der Waals surface area contributed by atoms with Crippen LogP contribution < -0.4 is 8.92 Å². The van der Waals surface area contributed by atoms with Gasteiger partial charge in [-0.2, -0.15) is 21.6 Å². The second-order valence-electron chi connectivity index (χ2n) is 7.73. The Bertz CT molecular complexity index is 1080. The Morgan fingerprint density at radius 1 is 1.28 bits per heavy atom. The quantitative estimate of drug-likeness (QED) is 0.544. The van der Waals surface area contributed by atoms with Crippen LogP contribution in [0.3, 0.4) is 0 Å². The van der Waals surface area contributed by atoms with Gasteiger partial charge in [-0.15, -0.1) is 0 Å². The molecule has 29 heavy (non-hydrogen) atoms. The van der Waals surface area contributed by atoms with Crippen LogP contribution in [0.2, 0.25) is 0 Å². The van der Waals surface area contributed by atoms with Gasteiger partial charge in [-0.3, -0.25) is 4.90 Å². The van der Waals surface area contributed by atoms with Gasteiger partial charge in [0.1, 0.15) is 5.76 Å². The lowest BCUT2D eigenvalue weighted by molar-refractivity contribution is -0.0500. The van der Waals surface area contributed by atoms with Crippen LogP contribution >= 0.6 is 0 Å². The number of rotatable bonds is 3. The van der Waals surface area contributed by atoms with Crippen molar-refractivity contribution in [3.05, 3.63) is 46.7 Å². The number of hydrogen-bond donors (Lipinski definition) is 0. The van der Waals surface area contributed by atoms with Crippen molar-refractivity contribution in [3.63, 3.8) is 0 Å². The van der Waals surface area contributed by atoms with Gasteiger partial charge in [0.15, 0.2) is 17.6 Å². The minimum Gasteiger partial charge on any atom is -0.497 e. The lowest BCUT2D eigenvalue weighted by Gasteiger charge is -2.52. The number of alkyl halides is 3. The van der Waals surface area contributed by atoms with E-state index >= 15 is 0 Å². The summed E-state index contributed by atoms with van der Waals surface area (Å²) in [4.78, 5) is 2.25. The van der Waals surface area contributed by atoms with Gasteiger partial charge < -0.3 is 13.7 Å². The Balaban J connectivity index is 1.72. The molecule has 4 aliphatic rings. The first kappa shape index (κ1) is 18.8. The Morgan fingerprint density at radius 2 is 2.03 bits per heavy atom. The van der Waals surface area contributed by atoms with E-state index < -0.39 is 32.9 Å². The van der Waals surface area contributed by atoms with Gasteiger partial charge in [0.2, 0.25) is 0 Å². The predicted molar refractivity (Wildman–Crippen MR) is 96.1 cm³/mol. The van der Waals surface area contributed by atoms with E-state index in [1.807, 2.05) is 19.2 Å². The third-order valence-electron chi connectivity index (χ3n) is 6.42. The molecule has 1 aromatic carbocycles. The minimum absolute atomic E-state index is 0.0547. The maximum atomic E-state index is 12.9. The van der Waals surface area contributed by atoms with Crippen molar-refractivity contribution in [2.45, 2.75) is 35.9 Å². The summed E-state index contributed by atoms with van der Waals surface area (Å²) in [5.41, 5.74) is -3.37. The van der Waals surface area contributed by atoms with Crippen molar-refractivity contribution < 1.29 is 35.2 Å². The van der Waals surface area contributed by atoms with Crippen LogP contribution in [0.1, 0.15) is 17.5 Å². The van der Waals surface area contributed by atoms with Crippen molar-refractivity contribution in [2.24, 2.45) is 0 Å². The smallest absolute Gasteiger partial charge is 0.497 e. The molecule has 2 aliphatic carbocycles. The molecule has 1 fully saturated rings. The largest absolute Gasteiger partial charge is 0.534 e. The zero-order valence-corrected chi connectivity index (χ0v) is 16.4. The van der Waals surface area contributed by atoms with Gasteiger partial charge in [0, 0.05) is 11.6 Å². The molecule has 0 N–H and O–H groups in total. The summed E-state index contributed by atoms with van der Waals surface area (Å²) < 4.78 is 78.0. The maximum Gasteiger partial charge on any atom is 0.534 e. The van der Waals surface area contributed by atoms with E-state index in [0.717, 1.165) is 23.2 Å². The van der Waals surface area contributed by atoms with Crippen molar-refractivity contribution in [1.29, 1.82) is 0 Å². The average Bonchev–Trinajstić information content (AvgIpc) is 3.00. The van der Waals surface area contributed by atoms with Gasteiger partial charge in [-0.25, -0.2) is 0 Å². The predicted octanol–water partition coefficient (Wildman–Crippen LogP) is 2.64. The summed E-state index contributed by atoms with van der Waals surface area (Å²) in [7, 11) is -2.26. The standard InChI is InChI=1S/C19H18F3NO5S/c1-23-8-7-18-11-4-6-14(26-2)17(18)27-16-13(28-29(24,25)19(20,21)22)5-3-10(15(16)18)9-12(11)23/h3-6,12,17H,7-9H2,1-2H3/t12?,17-,18-/m0/s1. The lowest BCUT2D eigenvalue weighted by atomic mass is 9.57. The number of methoxy groups -OCH3 is 1. The van der Waals surface area contributed by atoms with Crippen LogP contribution in [0.15, 0.2) is 35.6 Å². The van der Waals surface area contributed by atoms with Crippen LogP contribution in [0.25, 0.3) is 0 Å². The highest BCUT2D eigenvalue weighted by Gasteiger charge is 2.62. The minimum atomic E-state index is -5.81. The molecule has 0 radical (unpaired) electrons. The summed E-state index contributed by atoms with van der Waals surface area (Å²) in [6, 6.07) is 3.02. The first-order valence-corrected chi connectivity index (χ1v) is 10.5. The first-order chi connectivity index (χ1) is 13.6. The second kappa shape index (κ2) is 5.69. The van der Waals surface area contributed by atoms with E-state index in [-0.39, 0.29) is 11.8 Å². The molecular weight excluding hydrogens is 411 g/mol. The van der Waals surface area contributed by atoms with Gasteiger partial charge in [0.05, 0.1) is 12.5 Å². The molecule has 5 rings (SSSR count). The normalized spacial score (nSPS) is 30.1. The molecule has 1 spiro atoms. The maximum absolute atomic E-state index is 12.9. The molecule has 0 saturated carbocycles. The first-order valence-electron chi connectivity index (χ1n) is 9.10. The van der Waals surface area contributed by atoms with Gasteiger partial charge in [0.25, 0.3) is 0 Å². The Kier molecular flexibility index (Phi) is 3.69. The highest BCUT2D eigenvalue weighted by atomic mass is 32.2. The third-order valence-corrected chi connectivity index (χ3v) is 7.39. The number of nitrogens with zero attached hydrogens (tertiary/aromatic N) is 1. The second-order valence-corrected chi connectivity index (χ2v) is 9.26. The van der Waals surface area contributed by atoms with Gasteiger partial charge >= 0.3 is 15.6 Å². The van der Waals surface area contributed by atoms with E-state index in [4.69, 9.17) is 9.47 Å². The van der Waals surface area contributed by atoms with Crippen LogP contribution in [0.5, 0.6) is 11.5 Å². The monoisotopic (exact) mass is 429 g/mol. The van der Waals surface area contributed by atoms with Crippen LogP contribution in [-0.2, 0) is 26.7 Å². The van der Waals surface area contributed by atoms with Crippen molar-refractivity contribution >= 4 is 10.1 Å². The molecule has 1 unspecified atom stereocenters. The Morgan fingerprint density at radius 3 is 2.72 bits per heavy atom. The summed E-state index contributed by atoms with van der Waals surface area (Å²) in [6.07, 6.45) is 4.57. The van der Waals surface area contributed by atoms with Crippen LogP contribution in [0, 0.1) is 0 Å². The van der Waals surface area contributed by atoms with E-state index in [2.05, 4.69) is 9.08 Å². The SMILES string of the molecule is COC1=CC=C2C3Cc4ccc(OS(=O)(=O)C(F)(F)F)c5c4[C@@]2(CCN3C)[C@H]1O5. The fourth-order valence-corrected chi connectivity index (χ4v) is 5.63. The molecule has 2 bridgehead atoms. The fourth-order valence-electron chi connectivity index (χ4n) is 5.17. The van der Waals surface area contributed by atoms with Crippen molar-refractivity contribution in [3.8, 4) is 11.5 Å². The molecule has 2 aliphatic heterocycles. The van der Waals surface area contributed by atoms with Gasteiger partial charge in [-0.05, 0) is 49.7 Å². The van der Waals surface area contributed by atoms with Gasteiger partial charge in [-0.1, -0.05) is 12.1 Å². The number of allylic oxidation sites excluding steroid dienone is 2. The number of likely N-dealkylation sites (N-methyl/N-ethyl adjacent to an activating group) is 1. The summed E-state index contributed by atoms with van der Waals surface area (Å²) in [6.45, 7) is 0.768. The number of piperidine rings is 1. The molecule has 1 aromatic rings. The molecule has 156 valence electrons. The summed E-state index contributed by atoms with van der Waals surface area (Å²) in [5.74, 6) is 0.154. The van der Waals surface area contributed by atoms with Crippen LogP contribution in [0.4, 0.5) is 13.2 Å². The molecule has 1 saturated heterocycles. The molecule has 0 amide bonds. The number of benzene rings is 1. The number of halogens is 3. The van der Waals surface area contributed by atoms with E-state index in [9.17, 15) is 21.6 Å². The summed E-state index contributed by atoms with van der Waals surface area (Å²) >= 11 is 0. The molecule has 2 heterocycles.